The van der Waals surface area contributed by atoms with Gasteiger partial charge in [0.05, 0.1) is 21.8 Å². The van der Waals surface area contributed by atoms with E-state index in [1.54, 1.807) is 31.3 Å². The molecule has 0 fully saturated rings. The fraction of sp³-hybridized carbons (Fsp3) is 0.125. The number of anilines is 1. The van der Waals surface area contributed by atoms with Gasteiger partial charge in [0.15, 0.2) is 0 Å². The minimum atomic E-state index is -4.53. The summed E-state index contributed by atoms with van der Waals surface area (Å²) in [6.07, 6.45) is -4.53. The summed E-state index contributed by atoms with van der Waals surface area (Å²) in [6.45, 7) is 0. The highest BCUT2D eigenvalue weighted by Gasteiger charge is 2.31. The molecule has 0 aliphatic carbocycles. The molecule has 0 amide bonds. The van der Waals surface area contributed by atoms with Crippen LogP contribution < -0.4 is 11.0 Å². The highest BCUT2D eigenvalue weighted by atomic mass is 35.5. The van der Waals surface area contributed by atoms with Crippen LogP contribution in [0.2, 0.25) is 5.02 Å². The van der Waals surface area contributed by atoms with Crippen LogP contribution in [0.3, 0.4) is 0 Å². The van der Waals surface area contributed by atoms with Crippen molar-refractivity contribution in [1.82, 2.24) is 9.55 Å². The van der Waals surface area contributed by atoms with Crippen LogP contribution in [0, 0.1) is 0 Å². The number of hydrogen-bond acceptors (Lipinski definition) is 3. The number of aromatic nitrogens is 2. The van der Waals surface area contributed by atoms with Crippen molar-refractivity contribution >= 4 is 28.3 Å². The molecule has 3 aromatic rings. The number of halogens is 4. The maximum absolute atomic E-state index is 13.1. The van der Waals surface area contributed by atoms with Crippen LogP contribution in [0.15, 0.2) is 47.3 Å². The standard InChI is InChI=1S/C16H11ClF3N3O/c1-21-14-10-7-6-9(16(18,19)20)8-13(10)23(15(24)22-14)12-5-3-2-4-11(12)17/h2-8H,1H3,(H,21,22,24). The average Bonchev–Trinajstić information content (AvgIpc) is 2.54. The van der Waals surface area contributed by atoms with Gasteiger partial charge in [-0.05, 0) is 30.3 Å². The molecule has 1 aromatic heterocycles. The molecule has 2 aromatic carbocycles. The minimum Gasteiger partial charge on any atom is -0.372 e. The van der Waals surface area contributed by atoms with Crippen molar-refractivity contribution in [3.05, 3.63) is 63.5 Å². The average molecular weight is 354 g/mol. The van der Waals surface area contributed by atoms with E-state index in [2.05, 4.69) is 10.3 Å². The Kier molecular flexibility index (Phi) is 3.96. The third-order valence-electron chi connectivity index (χ3n) is 3.55. The lowest BCUT2D eigenvalue weighted by atomic mass is 10.1. The summed E-state index contributed by atoms with van der Waals surface area (Å²) >= 11 is 6.11. The molecule has 1 N–H and O–H groups in total. The number of nitrogens with one attached hydrogen (secondary N) is 1. The van der Waals surface area contributed by atoms with Crippen molar-refractivity contribution in [2.75, 3.05) is 12.4 Å². The van der Waals surface area contributed by atoms with E-state index in [1.165, 1.54) is 6.07 Å². The molecule has 0 spiro atoms. The van der Waals surface area contributed by atoms with Crippen molar-refractivity contribution in [1.29, 1.82) is 0 Å². The Morgan fingerprint density at radius 3 is 2.50 bits per heavy atom. The number of rotatable bonds is 2. The normalized spacial score (nSPS) is 11.7. The Labute approximate surface area is 139 Å². The maximum atomic E-state index is 13.1. The van der Waals surface area contributed by atoms with Crippen LogP contribution in [0.5, 0.6) is 0 Å². The summed E-state index contributed by atoms with van der Waals surface area (Å²) in [5.74, 6) is 0.201. The quantitative estimate of drug-likeness (QED) is 0.754. The summed E-state index contributed by atoms with van der Waals surface area (Å²) in [7, 11) is 1.54. The molecule has 0 aliphatic heterocycles. The van der Waals surface area contributed by atoms with E-state index in [-0.39, 0.29) is 22.0 Å². The molecule has 0 unspecified atom stereocenters. The second-order valence-electron chi connectivity index (χ2n) is 5.01. The zero-order valence-electron chi connectivity index (χ0n) is 12.4. The lowest BCUT2D eigenvalue weighted by Gasteiger charge is -2.15. The van der Waals surface area contributed by atoms with E-state index in [9.17, 15) is 18.0 Å². The molecular formula is C16H11ClF3N3O. The number of hydrogen-bond donors (Lipinski definition) is 1. The highest BCUT2D eigenvalue weighted by Crippen LogP contribution is 2.33. The number of nitrogens with zero attached hydrogens (tertiary/aromatic N) is 2. The topological polar surface area (TPSA) is 46.9 Å². The molecular weight excluding hydrogens is 343 g/mol. The van der Waals surface area contributed by atoms with Gasteiger partial charge in [-0.2, -0.15) is 18.2 Å². The Balaban J connectivity index is 2.46. The zero-order chi connectivity index (χ0) is 17.5. The highest BCUT2D eigenvalue weighted by molar-refractivity contribution is 6.32. The largest absolute Gasteiger partial charge is 0.416 e. The van der Waals surface area contributed by atoms with Crippen LogP contribution in [0.4, 0.5) is 19.0 Å². The van der Waals surface area contributed by atoms with E-state index in [4.69, 9.17) is 11.6 Å². The molecule has 8 heteroatoms. The summed E-state index contributed by atoms with van der Waals surface area (Å²) in [5.41, 5.74) is -1.24. The maximum Gasteiger partial charge on any atom is 0.416 e. The predicted octanol–water partition coefficient (Wildman–Crippen LogP) is 4.10. The first-order valence-electron chi connectivity index (χ1n) is 6.89. The van der Waals surface area contributed by atoms with Gasteiger partial charge in [0, 0.05) is 12.4 Å². The molecule has 4 nitrogen and oxygen atoms in total. The number of alkyl halides is 3. The van der Waals surface area contributed by atoms with Crippen LogP contribution in [-0.4, -0.2) is 16.6 Å². The van der Waals surface area contributed by atoms with E-state index >= 15 is 0 Å². The van der Waals surface area contributed by atoms with E-state index in [1.807, 2.05) is 0 Å². The van der Waals surface area contributed by atoms with Gasteiger partial charge in [0.2, 0.25) is 0 Å². The summed E-state index contributed by atoms with van der Waals surface area (Å²) in [5, 5.41) is 3.34. The number of fused-ring (bicyclic) bond motifs is 1. The predicted molar refractivity (Wildman–Crippen MR) is 86.9 cm³/mol. The van der Waals surface area contributed by atoms with Gasteiger partial charge in [-0.3, -0.25) is 4.57 Å². The molecule has 0 saturated heterocycles. The SMILES string of the molecule is CNc1nc(=O)n(-c2ccccc2Cl)c2cc(C(F)(F)F)ccc12. The molecule has 0 saturated carbocycles. The van der Waals surface area contributed by atoms with Crippen LogP contribution in [0.1, 0.15) is 5.56 Å². The first-order valence-corrected chi connectivity index (χ1v) is 7.27. The molecule has 24 heavy (non-hydrogen) atoms. The van der Waals surface area contributed by atoms with E-state index < -0.39 is 17.4 Å². The van der Waals surface area contributed by atoms with Crippen molar-refractivity contribution in [3.8, 4) is 5.69 Å². The fourth-order valence-corrected chi connectivity index (χ4v) is 2.68. The molecule has 124 valence electrons. The molecule has 0 atom stereocenters. The monoisotopic (exact) mass is 353 g/mol. The number of para-hydroxylation sites is 1. The van der Waals surface area contributed by atoms with Gasteiger partial charge in [-0.1, -0.05) is 23.7 Å². The third kappa shape index (κ3) is 2.71. The van der Waals surface area contributed by atoms with Gasteiger partial charge < -0.3 is 5.32 Å². The summed E-state index contributed by atoms with van der Waals surface area (Å²) < 4.78 is 40.3. The first kappa shape index (κ1) is 16.3. The Bertz CT molecular complexity index is 982. The van der Waals surface area contributed by atoms with Gasteiger partial charge in [0.1, 0.15) is 5.82 Å². The Hall–Kier alpha value is -2.54. The van der Waals surface area contributed by atoms with Gasteiger partial charge in [-0.15, -0.1) is 0 Å². The van der Waals surface area contributed by atoms with Gasteiger partial charge in [-0.25, -0.2) is 4.79 Å². The fourth-order valence-electron chi connectivity index (χ4n) is 2.46. The third-order valence-corrected chi connectivity index (χ3v) is 3.87. The van der Waals surface area contributed by atoms with Crippen molar-refractivity contribution < 1.29 is 13.2 Å². The molecule has 1 heterocycles. The molecule has 3 rings (SSSR count). The lowest BCUT2D eigenvalue weighted by Crippen LogP contribution is -2.23. The summed E-state index contributed by atoms with van der Waals surface area (Å²) in [4.78, 5) is 16.3. The zero-order valence-corrected chi connectivity index (χ0v) is 13.1. The minimum absolute atomic E-state index is 0.0716. The van der Waals surface area contributed by atoms with Crippen LogP contribution in [0.25, 0.3) is 16.6 Å². The number of benzene rings is 2. The van der Waals surface area contributed by atoms with Crippen LogP contribution in [-0.2, 0) is 6.18 Å². The summed E-state index contributed by atoms with van der Waals surface area (Å²) in [6, 6.07) is 9.55. The lowest BCUT2D eigenvalue weighted by molar-refractivity contribution is -0.137. The Morgan fingerprint density at radius 1 is 1.17 bits per heavy atom. The second-order valence-corrected chi connectivity index (χ2v) is 5.42. The molecule has 0 radical (unpaired) electrons. The van der Waals surface area contributed by atoms with Crippen molar-refractivity contribution in [2.24, 2.45) is 0 Å². The Morgan fingerprint density at radius 2 is 1.88 bits per heavy atom. The van der Waals surface area contributed by atoms with Gasteiger partial charge >= 0.3 is 11.9 Å². The smallest absolute Gasteiger partial charge is 0.372 e. The first-order chi connectivity index (χ1) is 11.3. The van der Waals surface area contributed by atoms with E-state index in [0.29, 0.717) is 5.39 Å². The molecule has 0 bridgehead atoms. The van der Waals surface area contributed by atoms with E-state index in [0.717, 1.165) is 16.7 Å². The van der Waals surface area contributed by atoms with Crippen molar-refractivity contribution in [2.45, 2.75) is 6.18 Å². The van der Waals surface area contributed by atoms with Crippen LogP contribution >= 0.6 is 11.6 Å². The molecule has 0 aliphatic rings. The second kappa shape index (κ2) is 5.83. The van der Waals surface area contributed by atoms with Crippen molar-refractivity contribution in [3.63, 3.8) is 0 Å². The van der Waals surface area contributed by atoms with Gasteiger partial charge in [0.25, 0.3) is 0 Å².